The van der Waals surface area contributed by atoms with Crippen molar-refractivity contribution in [3.63, 3.8) is 0 Å². The van der Waals surface area contributed by atoms with Gasteiger partial charge in [-0.3, -0.25) is 4.79 Å². The maximum absolute atomic E-state index is 12.9. The molecule has 0 aliphatic heterocycles. The Balaban J connectivity index is 1.48. The van der Waals surface area contributed by atoms with Crippen LogP contribution in [-0.4, -0.2) is 49.0 Å². The third kappa shape index (κ3) is 7.85. The molecule has 0 aromatic heterocycles. The molecule has 4 rings (SSSR count). The summed E-state index contributed by atoms with van der Waals surface area (Å²) in [7, 11) is 1.80. The van der Waals surface area contributed by atoms with Gasteiger partial charge in [-0.1, -0.05) is 72.8 Å². The molecule has 7 nitrogen and oxygen atoms in total. The first-order valence-electron chi connectivity index (χ1n) is 14.1. The number of esters is 2. The van der Waals surface area contributed by atoms with Crippen molar-refractivity contribution in [2.24, 2.45) is 0 Å². The monoisotopic (exact) mass is 564 g/mol. The molecule has 0 radical (unpaired) electrons. The minimum atomic E-state index is -0.701. The number of anilines is 1. The van der Waals surface area contributed by atoms with E-state index in [2.05, 4.69) is 11.4 Å². The zero-order valence-electron chi connectivity index (χ0n) is 24.2. The highest BCUT2D eigenvalue weighted by atomic mass is 16.5. The lowest BCUT2D eigenvalue weighted by Crippen LogP contribution is -2.34. The number of rotatable bonds is 12. The van der Waals surface area contributed by atoms with E-state index in [0.29, 0.717) is 29.8 Å². The lowest BCUT2D eigenvalue weighted by atomic mass is 9.99. The molecule has 7 heteroatoms. The van der Waals surface area contributed by atoms with E-state index in [1.54, 1.807) is 50.1 Å². The Kier molecular flexibility index (Phi) is 10.5. The normalized spacial score (nSPS) is 11.3. The molecular formula is C35H36N2O5. The van der Waals surface area contributed by atoms with E-state index in [9.17, 15) is 14.4 Å². The fourth-order valence-corrected chi connectivity index (χ4v) is 4.68. The van der Waals surface area contributed by atoms with Gasteiger partial charge in [-0.15, -0.1) is 0 Å². The molecule has 0 saturated carbocycles. The first-order valence-corrected chi connectivity index (χ1v) is 14.1. The second-order valence-corrected chi connectivity index (χ2v) is 9.84. The number of para-hydroxylation sites is 1. The van der Waals surface area contributed by atoms with Crippen LogP contribution in [0.3, 0.4) is 0 Å². The molecule has 0 bridgehead atoms. The highest BCUT2D eigenvalue weighted by molar-refractivity contribution is 5.96. The summed E-state index contributed by atoms with van der Waals surface area (Å²) in [4.78, 5) is 39.8. The van der Waals surface area contributed by atoms with Crippen LogP contribution in [0.2, 0.25) is 0 Å². The number of carbonyl (C=O) groups is 3. The summed E-state index contributed by atoms with van der Waals surface area (Å²) >= 11 is 0. The van der Waals surface area contributed by atoms with Crippen molar-refractivity contribution in [2.75, 3.05) is 25.6 Å². The topological polar surface area (TPSA) is 84.9 Å². The van der Waals surface area contributed by atoms with Gasteiger partial charge in [0.25, 0.3) is 5.91 Å². The molecule has 0 unspecified atom stereocenters. The third-order valence-corrected chi connectivity index (χ3v) is 6.76. The van der Waals surface area contributed by atoms with Crippen LogP contribution in [0.15, 0.2) is 103 Å². The summed E-state index contributed by atoms with van der Waals surface area (Å²) in [5, 5.41) is 3.21. The highest BCUT2D eigenvalue weighted by Crippen LogP contribution is 2.24. The van der Waals surface area contributed by atoms with Crippen LogP contribution in [0.4, 0.5) is 5.69 Å². The number of ether oxygens (including phenoxy) is 2. The predicted octanol–water partition coefficient (Wildman–Crippen LogP) is 6.39. The quantitative estimate of drug-likeness (QED) is 0.201. The fourth-order valence-electron chi connectivity index (χ4n) is 4.68. The van der Waals surface area contributed by atoms with Gasteiger partial charge in [0.1, 0.15) is 6.04 Å². The molecule has 4 aromatic carbocycles. The summed E-state index contributed by atoms with van der Waals surface area (Å²) in [6.07, 6.45) is 0.364. The average molecular weight is 565 g/mol. The largest absolute Gasteiger partial charge is 0.464 e. The van der Waals surface area contributed by atoms with E-state index in [1.165, 1.54) is 0 Å². The van der Waals surface area contributed by atoms with Gasteiger partial charge in [0, 0.05) is 31.3 Å². The molecule has 1 N–H and O–H groups in total. The molecule has 1 atom stereocenters. The number of nitrogens with zero attached hydrogens (tertiary/aromatic N) is 1. The first-order chi connectivity index (χ1) is 20.4. The molecule has 1 amide bonds. The molecule has 0 heterocycles. The third-order valence-electron chi connectivity index (χ3n) is 6.76. The van der Waals surface area contributed by atoms with Gasteiger partial charge in [-0.2, -0.15) is 0 Å². The van der Waals surface area contributed by atoms with Gasteiger partial charge in [-0.25, -0.2) is 9.59 Å². The fraction of sp³-hybridized carbons (Fsp3) is 0.229. The second-order valence-electron chi connectivity index (χ2n) is 9.84. The standard InChI is InChI=1S/C35H36N2O5/c1-4-41-34(39)30-16-9-10-17-31(30)36-32(35(40)42-5-2)23-25-18-20-27(21-19-25)29-15-11-12-26(22-29)24-37(3)33(38)28-13-7-6-8-14-28/h6-22,32,36H,4-5,23-24H2,1-3H3/t32-/m0/s1. The summed E-state index contributed by atoms with van der Waals surface area (Å²) in [6.45, 7) is 4.50. The number of amides is 1. The van der Waals surface area contributed by atoms with Crippen LogP contribution >= 0.6 is 0 Å². The number of nitrogens with one attached hydrogen (secondary N) is 1. The van der Waals surface area contributed by atoms with Gasteiger partial charge in [0.05, 0.1) is 18.8 Å². The molecule has 0 saturated heterocycles. The van der Waals surface area contributed by atoms with E-state index >= 15 is 0 Å². The highest BCUT2D eigenvalue weighted by Gasteiger charge is 2.23. The number of carbonyl (C=O) groups excluding carboxylic acids is 3. The van der Waals surface area contributed by atoms with Crippen LogP contribution in [0.5, 0.6) is 0 Å². The number of hydrogen-bond donors (Lipinski definition) is 1. The van der Waals surface area contributed by atoms with Gasteiger partial charge >= 0.3 is 11.9 Å². The van der Waals surface area contributed by atoms with Crippen LogP contribution in [0, 0.1) is 0 Å². The van der Waals surface area contributed by atoms with Crippen LogP contribution in [0.25, 0.3) is 11.1 Å². The Morgan fingerprint density at radius 1 is 0.738 bits per heavy atom. The SMILES string of the molecule is CCOC(=O)c1ccccc1N[C@@H](Cc1ccc(-c2cccc(CN(C)C(=O)c3ccccc3)c2)cc1)C(=O)OCC. The van der Waals surface area contributed by atoms with E-state index in [1.807, 2.05) is 72.8 Å². The van der Waals surface area contributed by atoms with Gasteiger partial charge in [0.15, 0.2) is 0 Å². The van der Waals surface area contributed by atoms with Gasteiger partial charge < -0.3 is 19.7 Å². The van der Waals surface area contributed by atoms with Crippen molar-refractivity contribution in [1.29, 1.82) is 0 Å². The summed E-state index contributed by atoms with van der Waals surface area (Å²) in [5.74, 6) is -0.882. The Hall–Kier alpha value is -4.91. The van der Waals surface area contributed by atoms with Crippen molar-refractivity contribution in [3.8, 4) is 11.1 Å². The van der Waals surface area contributed by atoms with Crippen LogP contribution in [0.1, 0.15) is 45.7 Å². The van der Waals surface area contributed by atoms with Gasteiger partial charge in [-0.05, 0) is 66.4 Å². The Morgan fingerprint density at radius 2 is 1.43 bits per heavy atom. The minimum Gasteiger partial charge on any atom is -0.464 e. The molecule has 4 aromatic rings. The number of benzene rings is 4. The zero-order chi connectivity index (χ0) is 29.9. The molecular weight excluding hydrogens is 528 g/mol. The Bertz CT molecular complexity index is 1500. The van der Waals surface area contributed by atoms with Crippen molar-refractivity contribution in [1.82, 2.24) is 4.90 Å². The number of hydrogen-bond acceptors (Lipinski definition) is 6. The lowest BCUT2D eigenvalue weighted by molar-refractivity contribution is -0.144. The predicted molar refractivity (Wildman–Crippen MR) is 164 cm³/mol. The van der Waals surface area contributed by atoms with Gasteiger partial charge in [0.2, 0.25) is 0 Å². The van der Waals surface area contributed by atoms with Crippen LogP contribution < -0.4 is 5.32 Å². The molecule has 0 aliphatic rings. The molecule has 0 aliphatic carbocycles. The van der Waals surface area contributed by atoms with Crippen molar-refractivity contribution in [3.05, 3.63) is 125 Å². The lowest BCUT2D eigenvalue weighted by Gasteiger charge is -2.20. The molecule has 0 fully saturated rings. The summed E-state index contributed by atoms with van der Waals surface area (Å²) in [5.41, 5.74) is 5.54. The van der Waals surface area contributed by atoms with E-state index < -0.39 is 18.0 Å². The van der Waals surface area contributed by atoms with Crippen LogP contribution in [-0.2, 0) is 27.2 Å². The molecule has 216 valence electrons. The van der Waals surface area contributed by atoms with E-state index in [-0.39, 0.29) is 19.1 Å². The van der Waals surface area contributed by atoms with E-state index in [0.717, 1.165) is 22.3 Å². The second kappa shape index (κ2) is 14.6. The average Bonchev–Trinajstić information content (AvgIpc) is 3.01. The molecule has 42 heavy (non-hydrogen) atoms. The first kappa shape index (κ1) is 30.1. The van der Waals surface area contributed by atoms with Crippen molar-refractivity contribution in [2.45, 2.75) is 32.9 Å². The van der Waals surface area contributed by atoms with E-state index in [4.69, 9.17) is 9.47 Å². The summed E-state index contributed by atoms with van der Waals surface area (Å²) < 4.78 is 10.5. The maximum atomic E-state index is 12.9. The Morgan fingerprint density at radius 3 is 2.14 bits per heavy atom. The smallest absolute Gasteiger partial charge is 0.340 e. The van der Waals surface area contributed by atoms with Crippen molar-refractivity contribution < 1.29 is 23.9 Å². The molecule has 0 spiro atoms. The summed E-state index contributed by atoms with van der Waals surface area (Å²) in [6, 6.07) is 31.6. The van der Waals surface area contributed by atoms with Crippen molar-refractivity contribution >= 4 is 23.5 Å². The maximum Gasteiger partial charge on any atom is 0.340 e. The zero-order valence-corrected chi connectivity index (χ0v) is 24.2. The minimum absolute atomic E-state index is 0.0278. The Labute approximate surface area is 247 Å².